The molecule has 0 aliphatic carbocycles. The lowest BCUT2D eigenvalue weighted by atomic mass is 10.1. The zero-order chi connectivity index (χ0) is 16.8. The zero-order valence-corrected chi connectivity index (χ0v) is 15.4. The van der Waals surface area contributed by atoms with Crippen LogP contribution in [-0.4, -0.2) is 19.3 Å². The van der Waals surface area contributed by atoms with Gasteiger partial charge in [0.25, 0.3) is 0 Å². The van der Waals surface area contributed by atoms with E-state index in [0.717, 1.165) is 32.6 Å². The van der Waals surface area contributed by atoms with Gasteiger partial charge in [-0.2, -0.15) is 0 Å². The van der Waals surface area contributed by atoms with Gasteiger partial charge in [0.05, 0.1) is 12.7 Å². The van der Waals surface area contributed by atoms with E-state index < -0.39 is 0 Å². The Kier molecular flexibility index (Phi) is 6.44. The Morgan fingerprint density at radius 3 is 2.79 bits per heavy atom. The van der Waals surface area contributed by atoms with E-state index in [4.69, 9.17) is 9.47 Å². The molecular weight excluding hydrogens is 318 g/mol. The first-order chi connectivity index (χ1) is 11.7. The molecule has 0 bridgehead atoms. The molecular formula is C20H27NO2S. The van der Waals surface area contributed by atoms with Crippen molar-refractivity contribution < 1.29 is 9.47 Å². The van der Waals surface area contributed by atoms with Gasteiger partial charge in [-0.05, 0) is 54.8 Å². The first-order valence-corrected chi connectivity index (χ1v) is 9.65. The highest BCUT2D eigenvalue weighted by atomic mass is 32.1. The van der Waals surface area contributed by atoms with Gasteiger partial charge < -0.3 is 14.8 Å². The van der Waals surface area contributed by atoms with Crippen molar-refractivity contribution in [3.8, 4) is 0 Å². The summed E-state index contributed by atoms with van der Waals surface area (Å²) < 4.78 is 11.4. The normalized spacial score (nSPS) is 17.1. The van der Waals surface area contributed by atoms with Gasteiger partial charge in [-0.1, -0.05) is 24.3 Å². The molecule has 2 aromatic rings. The Hall–Kier alpha value is -1.20. The summed E-state index contributed by atoms with van der Waals surface area (Å²) in [6, 6.07) is 11.3. The fourth-order valence-electron chi connectivity index (χ4n) is 3.08. The standard InChI is InChI=1S/C20H27NO2S/c1-15-8-11-24-20(15)16(2)21-13-17-4-3-5-18(12-17)14-23-19-6-9-22-10-7-19/h3-5,8,11-12,16,19,21H,6-7,9-10,13-14H2,1-2H3/t16-/m1/s1. The van der Waals surface area contributed by atoms with Crippen LogP contribution < -0.4 is 5.32 Å². The molecule has 0 radical (unpaired) electrons. The Balaban J connectivity index is 1.50. The van der Waals surface area contributed by atoms with E-state index in [1.165, 1.54) is 21.6 Å². The van der Waals surface area contributed by atoms with Crippen molar-refractivity contribution >= 4 is 11.3 Å². The van der Waals surface area contributed by atoms with Crippen LogP contribution in [0, 0.1) is 6.92 Å². The number of hydrogen-bond donors (Lipinski definition) is 1. The predicted octanol–water partition coefficient (Wildman–Crippen LogP) is 4.60. The number of nitrogens with one attached hydrogen (secondary N) is 1. The Bertz CT molecular complexity index is 634. The Morgan fingerprint density at radius 1 is 1.25 bits per heavy atom. The highest BCUT2D eigenvalue weighted by Gasteiger charge is 2.14. The Labute approximate surface area is 149 Å². The molecule has 24 heavy (non-hydrogen) atoms. The second-order valence-corrected chi connectivity index (χ2v) is 7.46. The smallest absolute Gasteiger partial charge is 0.0720 e. The number of hydrogen-bond acceptors (Lipinski definition) is 4. The van der Waals surface area contributed by atoms with Gasteiger partial charge in [0, 0.05) is 30.7 Å². The SMILES string of the molecule is Cc1ccsc1[C@@H](C)NCc1cccc(COC2CCOCC2)c1. The molecule has 1 fully saturated rings. The minimum atomic E-state index is 0.349. The second-order valence-electron chi connectivity index (χ2n) is 6.51. The third-order valence-electron chi connectivity index (χ3n) is 4.55. The van der Waals surface area contributed by atoms with Gasteiger partial charge in [-0.15, -0.1) is 11.3 Å². The van der Waals surface area contributed by atoms with E-state index in [0.29, 0.717) is 18.8 Å². The highest BCUT2D eigenvalue weighted by molar-refractivity contribution is 7.10. The van der Waals surface area contributed by atoms with E-state index in [9.17, 15) is 0 Å². The lowest BCUT2D eigenvalue weighted by Gasteiger charge is -2.22. The number of ether oxygens (including phenoxy) is 2. The van der Waals surface area contributed by atoms with Gasteiger partial charge in [0.1, 0.15) is 0 Å². The molecule has 0 saturated carbocycles. The van der Waals surface area contributed by atoms with Crippen LogP contribution in [0.5, 0.6) is 0 Å². The monoisotopic (exact) mass is 345 g/mol. The molecule has 1 atom stereocenters. The van der Waals surface area contributed by atoms with E-state index in [1.54, 1.807) is 0 Å². The Morgan fingerprint density at radius 2 is 2.04 bits per heavy atom. The van der Waals surface area contributed by atoms with Crippen LogP contribution in [0.4, 0.5) is 0 Å². The summed E-state index contributed by atoms with van der Waals surface area (Å²) in [6.45, 7) is 7.64. The first-order valence-electron chi connectivity index (χ1n) is 8.77. The molecule has 2 heterocycles. The lowest BCUT2D eigenvalue weighted by Crippen LogP contribution is -2.23. The molecule has 0 spiro atoms. The minimum absolute atomic E-state index is 0.349. The third kappa shape index (κ3) is 4.90. The maximum atomic E-state index is 6.03. The summed E-state index contributed by atoms with van der Waals surface area (Å²) in [7, 11) is 0. The number of rotatable bonds is 7. The van der Waals surface area contributed by atoms with E-state index in [1.807, 2.05) is 11.3 Å². The molecule has 4 heteroatoms. The van der Waals surface area contributed by atoms with Gasteiger partial charge in [0.2, 0.25) is 0 Å². The summed E-state index contributed by atoms with van der Waals surface area (Å²) in [4.78, 5) is 1.43. The molecule has 130 valence electrons. The quantitative estimate of drug-likeness (QED) is 0.795. The first kappa shape index (κ1) is 17.6. The summed E-state index contributed by atoms with van der Waals surface area (Å²) >= 11 is 1.83. The minimum Gasteiger partial charge on any atom is -0.381 e. The molecule has 1 aromatic heterocycles. The molecule has 3 nitrogen and oxygen atoms in total. The van der Waals surface area contributed by atoms with Crippen molar-refractivity contribution in [1.29, 1.82) is 0 Å². The zero-order valence-electron chi connectivity index (χ0n) is 14.6. The van der Waals surface area contributed by atoms with E-state index in [-0.39, 0.29) is 0 Å². The molecule has 0 unspecified atom stereocenters. The fraction of sp³-hybridized carbons (Fsp3) is 0.500. The van der Waals surface area contributed by atoms with E-state index in [2.05, 4.69) is 54.9 Å². The maximum absolute atomic E-state index is 6.03. The molecule has 0 amide bonds. The summed E-state index contributed by atoms with van der Waals surface area (Å²) in [5.74, 6) is 0. The molecule has 1 N–H and O–H groups in total. The van der Waals surface area contributed by atoms with Crippen molar-refractivity contribution in [1.82, 2.24) is 5.32 Å². The van der Waals surface area contributed by atoms with E-state index >= 15 is 0 Å². The fourth-order valence-corrected chi connectivity index (χ4v) is 4.04. The highest BCUT2D eigenvalue weighted by Crippen LogP contribution is 2.23. The van der Waals surface area contributed by atoms with Crippen molar-refractivity contribution in [2.24, 2.45) is 0 Å². The van der Waals surface area contributed by atoms with Crippen molar-refractivity contribution in [3.05, 3.63) is 57.3 Å². The van der Waals surface area contributed by atoms with Crippen LogP contribution in [0.25, 0.3) is 0 Å². The summed E-state index contributed by atoms with van der Waals surface area (Å²) in [6.07, 6.45) is 2.38. The van der Waals surface area contributed by atoms with Crippen LogP contribution in [-0.2, 0) is 22.6 Å². The average molecular weight is 346 g/mol. The van der Waals surface area contributed by atoms with Crippen molar-refractivity contribution in [2.45, 2.75) is 52.0 Å². The van der Waals surface area contributed by atoms with Crippen molar-refractivity contribution in [2.75, 3.05) is 13.2 Å². The van der Waals surface area contributed by atoms with Crippen LogP contribution >= 0.6 is 11.3 Å². The number of thiophene rings is 1. The van der Waals surface area contributed by atoms with Crippen LogP contribution in [0.15, 0.2) is 35.7 Å². The molecule has 1 aromatic carbocycles. The molecule has 3 rings (SSSR count). The van der Waals surface area contributed by atoms with Gasteiger partial charge in [-0.25, -0.2) is 0 Å². The topological polar surface area (TPSA) is 30.5 Å². The van der Waals surface area contributed by atoms with Crippen LogP contribution in [0.1, 0.15) is 47.4 Å². The number of aryl methyl sites for hydroxylation is 1. The van der Waals surface area contributed by atoms with Crippen LogP contribution in [0.3, 0.4) is 0 Å². The summed E-state index contributed by atoms with van der Waals surface area (Å²) in [5, 5.41) is 5.79. The molecule has 1 aliphatic heterocycles. The largest absolute Gasteiger partial charge is 0.381 e. The maximum Gasteiger partial charge on any atom is 0.0720 e. The number of benzene rings is 1. The van der Waals surface area contributed by atoms with Gasteiger partial charge >= 0.3 is 0 Å². The average Bonchev–Trinajstić information content (AvgIpc) is 3.05. The van der Waals surface area contributed by atoms with Crippen LogP contribution in [0.2, 0.25) is 0 Å². The second kappa shape index (κ2) is 8.77. The third-order valence-corrected chi connectivity index (χ3v) is 5.75. The van der Waals surface area contributed by atoms with Gasteiger partial charge in [-0.3, -0.25) is 0 Å². The van der Waals surface area contributed by atoms with Gasteiger partial charge in [0.15, 0.2) is 0 Å². The molecule has 1 saturated heterocycles. The predicted molar refractivity (Wildman–Crippen MR) is 99.4 cm³/mol. The molecule has 1 aliphatic rings. The summed E-state index contributed by atoms with van der Waals surface area (Å²) in [5.41, 5.74) is 3.93. The van der Waals surface area contributed by atoms with Crippen molar-refractivity contribution in [3.63, 3.8) is 0 Å². The lowest BCUT2D eigenvalue weighted by molar-refractivity contribution is -0.0390.